The molecule has 0 amide bonds. The van der Waals surface area contributed by atoms with E-state index in [2.05, 4.69) is 0 Å². The van der Waals surface area contributed by atoms with Crippen molar-refractivity contribution in [3.8, 4) is 0 Å². The third-order valence-electron chi connectivity index (χ3n) is 1.20. The molecule has 0 aliphatic heterocycles. The SMILES string of the molecule is CCOCC(C)OC[C@H](C)N. The van der Waals surface area contributed by atoms with Crippen molar-refractivity contribution in [2.24, 2.45) is 5.73 Å². The van der Waals surface area contributed by atoms with Gasteiger partial charge in [0.25, 0.3) is 0 Å². The Balaban J connectivity index is 3.15. The first-order valence-electron chi connectivity index (χ1n) is 4.11. The summed E-state index contributed by atoms with van der Waals surface area (Å²) in [5.41, 5.74) is 5.50. The number of hydrogen-bond acceptors (Lipinski definition) is 3. The number of rotatable bonds is 6. The molecular weight excluding hydrogens is 142 g/mol. The number of nitrogens with two attached hydrogens (primary N) is 1. The molecule has 0 heterocycles. The Kier molecular flexibility index (Phi) is 6.51. The molecular formula is C8H19NO2. The fourth-order valence-electron chi connectivity index (χ4n) is 0.648. The van der Waals surface area contributed by atoms with Crippen LogP contribution in [0.4, 0.5) is 0 Å². The predicted octanol–water partition coefficient (Wildman–Crippen LogP) is 0.775. The smallest absolute Gasteiger partial charge is 0.0781 e. The molecule has 11 heavy (non-hydrogen) atoms. The molecule has 1 unspecified atom stereocenters. The van der Waals surface area contributed by atoms with Gasteiger partial charge in [0.05, 0.1) is 19.3 Å². The molecule has 0 bridgehead atoms. The largest absolute Gasteiger partial charge is 0.379 e. The average Bonchev–Trinajstić information content (AvgIpc) is 1.97. The van der Waals surface area contributed by atoms with E-state index in [1.165, 1.54) is 0 Å². The van der Waals surface area contributed by atoms with Crippen LogP contribution in [0.1, 0.15) is 20.8 Å². The van der Waals surface area contributed by atoms with Gasteiger partial charge in [0, 0.05) is 12.6 Å². The van der Waals surface area contributed by atoms with Crippen molar-refractivity contribution in [3.63, 3.8) is 0 Å². The van der Waals surface area contributed by atoms with Crippen molar-refractivity contribution in [3.05, 3.63) is 0 Å². The number of ether oxygens (including phenoxy) is 2. The van der Waals surface area contributed by atoms with Gasteiger partial charge in [-0.15, -0.1) is 0 Å². The Bertz CT molecular complexity index is 86.2. The van der Waals surface area contributed by atoms with Gasteiger partial charge >= 0.3 is 0 Å². The number of hydrogen-bond donors (Lipinski definition) is 1. The van der Waals surface area contributed by atoms with Crippen molar-refractivity contribution in [2.75, 3.05) is 19.8 Å². The zero-order valence-electron chi connectivity index (χ0n) is 7.67. The lowest BCUT2D eigenvalue weighted by molar-refractivity contribution is -0.00677. The van der Waals surface area contributed by atoms with E-state index in [0.29, 0.717) is 13.2 Å². The van der Waals surface area contributed by atoms with Crippen molar-refractivity contribution >= 4 is 0 Å². The van der Waals surface area contributed by atoms with Crippen LogP contribution in [0, 0.1) is 0 Å². The second-order valence-corrected chi connectivity index (χ2v) is 2.78. The maximum atomic E-state index is 5.50. The average molecular weight is 161 g/mol. The Morgan fingerprint density at radius 3 is 2.36 bits per heavy atom. The van der Waals surface area contributed by atoms with Crippen LogP contribution < -0.4 is 5.73 Å². The second-order valence-electron chi connectivity index (χ2n) is 2.78. The Hall–Kier alpha value is -0.120. The summed E-state index contributed by atoms with van der Waals surface area (Å²) < 4.78 is 10.5. The highest BCUT2D eigenvalue weighted by Gasteiger charge is 2.02. The summed E-state index contributed by atoms with van der Waals surface area (Å²) in [6, 6.07) is 0.110. The van der Waals surface area contributed by atoms with Gasteiger partial charge in [0.1, 0.15) is 0 Å². The summed E-state index contributed by atoms with van der Waals surface area (Å²) >= 11 is 0. The van der Waals surface area contributed by atoms with Gasteiger partial charge < -0.3 is 15.2 Å². The molecule has 2 atom stereocenters. The van der Waals surface area contributed by atoms with Crippen LogP contribution in [0.2, 0.25) is 0 Å². The highest BCUT2D eigenvalue weighted by molar-refractivity contribution is 4.53. The van der Waals surface area contributed by atoms with Crippen molar-refractivity contribution in [1.29, 1.82) is 0 Å². The fourth-order valence-corrected chi connectivity index (χ4v) is 0.648. The van der Waals surface area contributed by atoms with Crippen LogP contribution >= 0.6 is 0 Å². The fraction of sp³-hybridized carbons (Fsp3) is 1.00. The van der Waals surface area contributed by atoms with E-state index in [-0.39, 0.29) is 12.1 Å². The third kappa shape index (κ3) is 7.78. The highest BCUT2D eigenvalue weighted by atomic mass is 16.5. The lowest BCUT2D eigenvalue weighted by atomic mass is 10.4. The molecule has 0 aromatic heterocycles. The summed E-state index contributed by atoms with van der Waals surface area (Å²) in [7, 11) is 0. The quantitative estimate of drug-likeness (QED) is 0.626. The standard InChI is InChI=1S/C8H19NO2/c1-4-10-6-8(3)11-5-7(2)9/h7-8H,4-6,9H2,1-3H3/t7-,8?/m0/s1. The molecule has 68 valence electrons. The first-order valence-corrected chi connectivity index (χ1v) is 4.11. The lowest BCUT2D eigenvalue weighted by Crippen LogP contribution is -2.26. The van der Waals surface area contributed by atoms with Crippen molar-refractivity contribution in [2.45, 2.75) is 32.9 Å². The minimum absolute atomic E-state index is 0.110. The van der Waals surface area contributed by atoms with Crippen LogP contribution in [0.15, 0.2) is 0 Å². The molecule has 0 aromatic carbocycles. The highest BCUT2D eigenvalue weighted by Crippen LogP contribution is 1.92. The topological polar surface area (TPSA) is 44.5 Å². The van der Waals surface area contributed by atoms with Gasteiger partial charge in [-0.2, -0.15) is 0 Å². The second kappa shape index (κ2) is 6.58. The van der Waals surface area contributed by atoms with Crippen molar-refractivity contribution < 1.29 is 9.47 Å². The Morgan fingerprint density at radius 2 is 1.91 bits per heavy atom. The van der Waals surface area contributed by atoms with E-state index < -0.39 is 0 Å². The predicted molar refractivity (Wildman–Crippen MR) is 45.6 cm³/mol. The molecule has 2 N–H and O–H groups in total. The molecule has 0 aromatic rings. The van der Waals surface area contributed by atoms with Crippen LogP contribution in [-0.4, -0.2) is 32.0 Å². The molecule has 3 heteroatoms. The van der Waals surface area contributed by atoms with E-state index >= 15 is 0 Å². The summed E-state index contributed by atoms with van der Waals surface area (Å²) in [6.07, 6.45) is 0.154. The lowest BCUT2D eigenvalue weighted by Gasteiger charge is -2.14. The van der Waals surface area contributed by atoms with Crippen LogP contribution in [-0.2, 0) is 9.47 Å². The first kappa shape index (κ1) is 10.9. The van der Waals surface area contributed by atoms with Gasteiger partial charge in [-0.3, -0.25) is 0 Å². The van der Waals surface area contributed by atoms with Gasteiger partial charge in [-0.1, -0.05) is 0 Å². The molecule has 0 spiro atoms. The zero-order chi connectivity index (χ0) is 8.69. The minimum Gasteiger partial charge on any atom is -0.379 e. The van der Waals surface area contributed by atoms with Gasteiger partial charge in [0.15, 0.2) is 0 Å². The minimum atomic E-state index is 0.110. The van der Waals surface area contributed by atoms with E-state index in [1.807, 2.05) is 20.8 Å². The first-order chi connectivity index (χ1) is 5.16. The van der Waals surface area contributed by atoms with Gasteiger partial charge in [0.2, 0.25) is 0 Å². The summed E-state index contributed by atoms with van der Waals surface area (Å²) in [4.78, 5) is 0. The van der Waals surface area contributed by atoms with Gasteiger partial charge in [-0.25, -0.2) is 0 Å². The molecule has 0 saturated heterocycles. The molecule has 0 saturated carbocycles. The van der Waals surface area contributed by atoms with Crippen LogP contribution in [0.3, 0.4) is 0 Å². The monoisotopic (exact) mass is 161 g/mol. The van der Waals surface area contributed by atoms with Gasteiger partial charge in [-0.05, 0) is 20.8 Å². The summed E-state index contributed by atoms with van der Waals surface area (Å²) in [5, 5.41) is 0. The molecule has 3 nitrogen and oxygen atoms in total. The Labute approximate surface area is 68.9 Å². The molecule has 0 aliphatic carbocycles. The summed E-state index contributed by atoms with van der Waals surface area (Å²) in [6.45, 7) is 7.88. The Morgan fingerprint density at radius 1 is 1.27 bits per heavy atom. The summed E-state index contributed by atoms with van der Waals surface area (Å²) in [5.74, 6) is 0. The third-order valence-corrected chi connectivity index (χ3v) is 1.20. The molecule has 0 aliphatic rings. The van der Waals surface area contributed by atoms with Crippen LogP contribution in [0.5, 0.6) is 0 Å². The van der Waals surface area contributed by atoms with E-state index in [0.717, 1.165) is 6.61 Å². The van der Waals surface area contributed by atoms with Crippen molar-refractivity contribution in [1.82, 2.24) is 0 Å². The molecule has 0 radical (unpaired) electrons. The maximum absolute atomic E-state index is 5.50. The normalized spacial score (nSPS) is 16.4. The van der Waals surface area contributed by atoms with E-state index in [4.69, 9.17) is 15.2 Å². The molecule has 0 fully saturated rings. The molecule has 0 rings (SSSR count). The zero-order valence-corrected chi connectivity index (χ0v) is 7.67. The van der Waals surface area contributed by atoms with E-state index in [9.17, 15) is 0 Å². The maximum Gasteiger partial charge on any atom is 0.0781 e. The van der Waals surface area contributed by atoms with Crippen LogP contribution in [0.25, 0.3) is 0 Å². The van der Waals surface area contributed by atoms with E-state index in [1.54, 1.807) is 0 Å².